The molecule has 10 heteroatoms. The number of urea groups is 1. The number of amides is 2. The number of pyridine rings is 1. The normalized spacial score (nSPS) is 12.1. The van der Waals surface area contributed by atoms with Gasteiger partial charge in [0.1, 0.15) is 11.6 Å². The van der Waals surface area contributed by atoms with E-state index >= 15 is 0 Å². The Labute approximate surface area is 206 Å². The van der Waals surface area contributed by atoms with Crippen LogP contribution in [0.4, 0.5) is 23.8 Å². The van der Waals surface area contributed by atoms with Crippen LogP contribution in [0.15, 0.2) is 60.8 Å². The van der Waals surface area contributed by atoms with Crippen molar-refractivity contribution >= 4 is 17.8 Å². The lowest BCUT2D eigenvalue weighted by molar-refractivity contribution is -0.138. The number of carbonyl (C=O) groups excluding carboxylic acids is 1. The number of methoxy groups -OCH3 is 1. The molecule has 190 valence electrons. The SMILES string of the molecule is CCC(NC(=O)N(C)c1ccccn1)c1cc(C(F)(F)F)ccc1-c1cc(CC(=O)O)ccc1OC. The summed E-state index contributed by atoms with van der Waals surface area (Å²) in [6, 6.07) is 11.7. The van der Waals surface area contributed by atoms with Crippen LogP contribution in [-0.4, -0.2) is 36.2 Å². The van der Waals surface area contributed by atoms with Gasteiger partial charge >= 0.3 is 18.2 Å². The average Bonchev–Trinajstić information content (AvgIpc) is 2.86. The number of nitrogens with one attached hydrogen (secondary N) is 1. The molecule has 7 nitrogen and oxygen atoms in total. The number of halogens is 3. The molecule has 0 spiro atoms. The number of nitrogens with zero attached hydrogens (tertiary/aromatic N) is 2. The van der Waals surface area contributed by atoms with E-state index in [0.717, 1.165) is 12.1 Å². The monoisotopic (exact) mass is 501 g/mol. The molecule has 3 rings (SSSR count). The molecule has 36 heavy (non-hydrogen) atoms. The van der Waals surface area contributed by atoms with Gasteiger partial charge in [-0.15, -0.1) is 0 Å². The number of hydrogen-bond donors (Lipinski definition) is 2. The van der Waals surface area contributed by atoms with Crippen molar-refractivity contribution in [2.45, 2.75) is 32.0 Å². The summed E-state index contributed by atoms with van der Waals surface area (Å²) in [6.07, 6.45) is -3.06. The number of anilines is 1. The second-order valence-corrected chi connectivity index (χ2v) is 8.06. The molecule has 2 N–H and O–H groups in total. The first-order valence-electron chi connectivity index (χ1n) is 11.1. The number of carboxylic acid groups (broad SMARTS) is 1. The first kappa shape index (κ1) is 26.5. The van der Waals surface area contributed by atoms with Crippen LogP contribution in [-0.2, 0) is 17.4 Å². The van der Waals surface area contributed by atoms with Crippen molar-refractivity contribution in [1.29, 1.82) is 0 Å². The predicted octanol–water partition coefficient (Wildman–Crippen LogP) is 5.70. The Morgan fingerprint density at radius 2 is 1.86 bits per heavy atom. The zero-order chi connectivity index (χ0) is 26.5. The van der Waals surface area contributed by atoms with Gasteiger partial charge in [-0.2, -0.15) is 13.2 Å². The number of carbonyl (C=O) groups is 2. The van der Waals surface area contributed by atoms with Gasteiger partial charge in [-0.05, 0) is 59.5 Å². The van der Waals surface area contributed by atoms with Gasteiger partial charge in [0.25, 0.3) is 0 Å². The third kappa shape index (κ3) is 6.12. The number of carboxylic acids is 1. The highest BCUT2D eigenvalue weighted by molar-refractivity contribution is 5.91. The summed E-state index contributed by atoms with van der Waals surface area (Å²) in [7, 11) is 2.93. The Kier molecular flexibility index (Phi) is 8.18. The predicted molar refractivity (Wildman–Crippen MR) is 129 cm³/mol. The molecule has 0 saturated carbocycles. The second-order valence-electron chi connectivity index (χ2n) is 8.06. The lowest BCUT2D eigenvalue weighted by atomic mass is 9.90. The lowest BCUT2D eigenvalue weighted by Gasteiger charge is -2.26. The molecule has 3 aromatic rings. The van der Waals surface area contributed by atoms with Crippen molar-refractivity contribution in [3.8, 4) is 16.9 Å². The molecule has 0 bridgehead atoms. The first-order valence-corrected chi connectivity index (χ1v) is 11.1. The molecule has 0 aliphatic carbocycles. The molecule has 2 aromatic carbocycles. The largest absolute Gasteiger partial charge is 0.496 e. The summed E-state index contributed by atoms with van der Waals surface area (Å²) in [5, 5.41) is 12.0. The minimum atomic E-state index is -4.60. The Morgan fingerprint density at radius 3 is 2.44 bits per heavy atom. The maximum absolute atomic E-state index is 13.6. The number of ether oxygens (including phenoxy) is 1. The van der Waals surface area contributed by atoms with Crippen LogP contribution >= 0.6 is 0 Å². The maximum atomic E-state index is 13.6. The average molecular weight is 502 g/mol. The van der Waals surface area contributed by atoms with E-state index in [1.807, 2.05) is 0 Å². The van der Waals surface area contributed by atoms with E-state index in [-0.39, 0.29) is 18.4 Å². The molecular formula is C26H26F3N3O4. The molecule has 2 amide bonds. The smallest absolute Gasteiger partial charge is 0.416 e. The molecule has 0 aliphatic heterocycles. The molecular weight excluding hydrogens is 475 g/mol. The Bertz CT molecular complexity index is 1230. The minimum Gasteiger partial charge on any atom is -0.496 e. The number of aliphatic carboxylic acids is 1. The fourth-order valence-corrected chi connectivity index (χ4v) is 3.82. The van der Waals surface area contributed by atoms with E-state index in [1.54, 1.807) is 43.3 Å². The van der Waals surface area contributed by atoms with Gasteiger partial charge in [-0.25, -0.2) is 9.78 Å². The molecule has 0 fully saturated rings. The maximum Gasteiger partial charge on any atom is 0.416 e. The Balaban J connectivity index is 2.11. The van der Waals surface area contributed by atoms with E-state index < -0.39 is 29.8 Å². The number of rotatable bonds is 8. The van der Waals surface area contributed by atoms with Crippen molar-refractivity contribution < 1.29 is 32.6 Å². The summed E-state index contributed by atoms with van der Waals surface area (Å²) < 4.78 is 46.4. The molecule has 0 aliphatic rings. The Hall–Kier alpha value is -4.08. The summed E-state index contributed by atoms with van der Waals surface area (Å²) in [5.74, 6) is -0.316. The van der Waals surface area contributed by atoms with Gasteiger partial charge in [0.05, 0.1) is 25.1 Å². The van der Waals surface area contributed by atoms with Crippen LogP contribution in [0.3, 0.4) is 0 Å². The molecule has 1 atom stereocenters. The number of aromatic nitrogens is 1. The van der Waals surface area contributed by atoms with Crippen molar-refractivity contribution in [2.75, 3.05) is 19.1 Å². The van der Waals surface area contributed by atoms with E-state index in [1.165, 1.54) is 31.3 Å². The third-order valence-electron chi connectivity index (χ3n) is 5.67. The second kappa shape index (κ2) is 11.1. The molecule has 1 aromatic heterocycles. The zero-order valence-corrected chi connectivity index (χ0v) is 20.0. The quantitative estimate of drug-likeness (QED) is 0.413. The molecule has 0 saturated heterocycles. The standard InChI is InChI=1S/C26H26F3N3O4/c1-4-21(31-25(35)32(2)23-7-5-6-12-30-23)19-15-17(26(27,28)29)9-10-18(19)20-13-16(14-24(33)34)8-11-22(20)36-3/h5-13,15,21H,4,14H2,1-3H3,(H,31,35)(H,33,34). The van der Waals surface area contributed by atoms with Crippen LogP contribution < -0.4 is 15.0 Å². The highest BCUT2D eigenvalue weighted by atomic mass is 19.4. The van der Waals surface area contributed by atoms with Gasteiger partial charge in [0, 0.05) is 18.8 Å². The number of hydrogen-bond acceptors (Lipinski definition) is 4. The fourth-order valence-electron chi connectivity index (χ4n) is 3.82. The van der Waals surface area contributed by atoms with Gasteiger partial charge in [-0.3, -0.25) is 9.69 Å². The highest BCUT2D eigenvalue weighted by Gasteiger charge is 2.32. The van der Waals surface area contributed by atoms with Crippen LogP contribution in [0.5, 0.6) is 5.75 Å². The van der Waals surface area contributed by atoms with Gasteiger partial charge in [-0.1, -0.05) is 25.1 Å². The summed E-state index contributed by atoms with van der Waals surface area (Å²) in [4.78, 5) is 29.6. The molecule has 1 unspecified atom stereocenters. The van der Waals surface area contributed by atoms with E-state index in [4.69, 9.17) is 4.74 Å². The van der Waals surface area contributed by atoms with Crippen molar-refractivity contribution in [2.24, 2.45) is 0 Å². The van der Waals surface area contributed by atoms with Gasteiger partial charge in [0.2, 0.25) is 0 Å². The Morgan fingerprint density at radius 1 is 1.11 bits per heavy atom. The van der Waals surface area contributed by atoms with Crippen LogP contribution in [0, 0.1) is 0 Å². The zero-order valence-electron chi connectivity index (χ0n) is 20.0. The lowest BCUT2D eigenvalue weighted by Crippen LogP contribution is -2.40. The van der Waals surface area contributed by atoms with E-state index in [2.05, 4.69) is 10.3 Å². The number of alkyl halides is 3. The first-order chi connectivity index (χ1) is 17.0. The van der Waals surface area contributed by atoms with Crippen molar-refractivity contribution in [3.05, 3.63) is 77.5 Å². The van der Waals surface area contributed by atoms with Crippen LogP contribution in [0.1, 0.15) is 36.1 Å². The highest BCUT2D eigenvalue weighted by Crippen LogP contribution is 2.40. The summed E-state index contributed by atoms with van der Waals surface area (Å²) in [6.45, 7) is 1.74. The van der Waals surface area contributed by atoms with Crippen LogP contribution in [0.2, 0.25) is 0 Å². The molecule has 1 heterocycles. The van der Waals surface area contributed by atoms with E-state index in [0.29, 0.717) is 28.3 Å². The molecule has 0 radical (unpaired) electrons. The van der Waals surface area contributed by atoms with Crippen molar-refractivity contribution in [3.63, 3.8) is 0 Å². The summed E-state index contributed by atoms with van der Waals surface area (Å²) >= 11 is 0. The van der Waals surface area contributed by atoms with Crippen molar-refractivity contribution in [1.82, 2.24) is 10.3 Å². The summed E-state index contributed by atoms with van der Waals surface area (Å²) in [5.41, 5.74) is 0.621. The fraction of sp³-hybridized carbons (Fsp3) is 0.269. The van der Waals surface area contributed by atoms with Crippen LogP contribution in [0.25, 0.3) is 11.1 Å². The van der Waals surface area contributed by atoms with Gasteiger partial charge < -0.3 is 15.2 Å². The minimum absolute atomic E-state index is 0.223. The van der Waals surface area contributed by atoms with E-state index in [9.17, 15) is 27.9 Å². The number of benzene rings is 2. The van der Waals surface area contributed by atoms with Gasteiger partial charge in [0.15, 0.2) is 0 Å². The topological polar surface area (TPSA) is 91.8 Å². The third-order valence-corrected chi connectivity index (χ3v) is 5.67.